The van der Waals surface area contributed by atoms with Gasteiger partial charge in [0.15, 0.2) is 0 Å². The summed E-state index contributed by atoms with van der Waals surface area (Å²) >= 11 is 1.57. The Kier molecular flexibility index (Phi) is 5.97. The average Bonchev–Trinajstić information content (AvgIpc) is 3.12. The number of carbonyl (C=O) groups is 2. The summed E-state index contributed by atoms with van der Waals surface area (Å²) < 4.78 is 0. The molecule has 1 aliphatic rings. The van der Waals surface area contributed by atoms with Crippen LogP contribution in [0.3, 0.4) is 0 Å². The molecule has 0 aliphatic heterocycles. The molecule has 6 heteroatoms. The topological polar surface area (TPSA) is 78.4 Å². The van der Waals surface area contributed by atoms with Crippen molar-refractivity contribution in [1.29, 1.82) is 0 Å². The van der Waals surface area contributed by atoms with Crippen molar-refractivity contribution in [3.05, 3.63) is 0 Å². The molecular weight excluding hydrogens is 264 g/mol. The van der Waals surface area contributed by atoms with Crippen LogP contribution >= 0.6 is 11.8 Å². The number of hydrogen-bond acceptors (Lipinski definition) is 3. The van der Waals surface area contributed by atoms with Gasteiger partial charge in [0.05, 0.1) is 0 Å². The third kappa shape index (κ3) is 4.93. The zero-order valence-corrected chi connectivity index (χ0v) is 12.7. The first kappa shape index (κ1) is 16.1. The van der Waals surface area contributed by atoms with Crippen molar-refractivity contribution in [2.24, 2.45) is 11.3 Å². The third-order valence-corrected chi connectivity index (χ3v) is 4.58. The smallest absolute Gasteiger partial charge is 0.326 e. The van der Waals surface area contributed by atoms with Crippen molar-refractivity contribution < 1.29 is 14.7 Å². The molecule has 19 heavy (non-hydrogen) atoms. The monoisotopic (exact) mass is 288 g/mol. The maximum atomic E-state index is 11.7. The molecular formula is C13H24N2O3S. The molecule has 3 N–H and O–H groups in total. The summed E-state index contributed by atoms with van der Waals surface area (Å²) in [5.41, 5.74) is 0.231. The van der Waals surface area contributed by atoms with Crippen LogP contribution in [0.5, 0.6) is 0 Å². The molecule has 5 nitrogen and oxygen atoms in total. The van der Waals surface area contributed by atoms with Crippen LogP contribution in [0.2, 0.25) is 0 Å². The summed E-state index contributed by atoms with van der Waals surface area (Å²) in [6.45, 7) is 4.95. The van der Waals surface area contributed by atoms with E-state index in [1.165, 1.54) is 0 Å². The van der Waals surface area contributed by atoms with Crippen LogP contribution in [0.15, 0.2) is 0 Å². The Labute approximate surface area is 118 Å². The highest BCUT2D eigenvalue weighted by Crippen LogP contribution is 2.51. The second-order valence-electron chi connectivity index (χ2n) is 5.52. The molecule has 1 atom stereocenters. The number of urea groups is 1. The van der Waals surface area contributed by atoms with Gasteiger partial charge >= 0.3 is 12.0 Å². The maximum absolute atomic E-state index is 11.7. The Bertz CT molecular complexity index is 330. The highest BCUT2D eigenvalue weighted by molar-refractivity contribution is 7.98. The molecule has 0 bridgehead atoms. The van der Waals surface area contributed by atoms with Crippen molar-refractivity contribution in [1.82, 2.24) is 10.6 Å². The Balaban J connectivity index is 2.34. The van der Waals surface area contributed by atoms with Crippen LogP contribution in [-0.2, 0) is 4.79 Å². The molecule has 0 radical (unpaired) electrons. The standard InChI is InChI=1S/C13H24N2O3S/c1-9(2)13(5-6-13)8-14-12(18)15-10(11(16)17)4-7-19-3/h9-10H,4-8H2,1-3H3,(H,16,17)(H2,14,15,18). The Hall–Kier alpha value is -0.910. The molecule has 0 heterocycles. The first-order valence-electron chi connectivity index (χ1n) is 6.67. The molecule has 0 aromatic heterocycles. The van der Waals surface area contributed by atoms with Gasteiger partial charge in [0.2, 0.25) is 0 Å². The average molecular weight is 288 g/mol. The second kappa shape index (κ2) is 7.03. The van der Waals surface area contributed by atoms with Gasteiger partial charge in [0.1, 0.15) is 6.04 Å². The number of rotatable bonds is 8. The molecule has 0 aromatic carbocycles. The lowest BCUT2D eigenvalue weighted by molar-refractivity contribution is -0.139. The van der Waals surface area contributed by atoms with E-state index in [0.29, 0.717) is 24.6 Å². The first-order chi connectivity index (χ1) is 8.91. The number of carboxylic acids is 1. The van der Waals surface area contributed by atoms with Crippen molar-refractivity contribution in [3.63, 3.8) is 0 Å². The predicted molar refractivity (Wildman–Crippen MR) is 77.5 cm³/mol. The minimum absolute atomic E-state index is 0.231. The van der Waals surface area contributed by atoms with Gasteiger partial charge in [0.25, 0.3) is 0 Å². The van der Waals surface area contributed by atoms with E-state index in [4.69, 9.17) is 5.11 Å². The van der Waals surface area contributed by atoms with Crippen molar-refractivity contribution in [2.75, 3.05) is 18.6 Å². The summed E-state index contributed by atoms with van der Waals surface area (Å²) in [6.07, 6.45) is 4.64. The summed E-state index contributed by atoms with van der Waals surface area (Å²) in [5.74, 6) is 0.279. The number of nitrogens with one attached hydrogen (secondary N) is 2. The zero-order valence-electron chi connectivity index (χ0n) is 11.9. The van der Waals surface area contributed by atoms with Crippen LogP contribution in [0, 0.1) is 11.3 Å². The fourth-order valence-corrected chi connectivity index (χ4v) is 2.55. The zero-order chi connectivity index (χ0) is 14.5. The molecule has 110 valence electrons. The highest BCUT2D eigenvalue weighted by Gasteiger charge is 2.45. The van der Waals surface area contributed by atoms with Crippen LogP contribution in [0.25, 0.3) is 0 Å². The van der Waals surface area contributed by atoms with Gasteiger partial charge in [-0.3, -0.25) is 0 Å². The number of carboxylic acid groups (broad SMARTS) is 1. The van der Waals surface area contributed by atoms with Gasteiger partial charge in [-0.1, -0.05) is 13.8 Å². The van der Waals surface area contributed by atoms with E-state index >= 15 is 0 Å². The van der Waals surface area contributed by atoms with E-state index in [1.807, 2.05) is 6.26 Å². The Morgan fingerprint density at radius 3 is 2.42 bits per heavy atom. The Morgan fingerprint density at radius 2 is 2.00 bits per heavy atom. The molecule has 0 aromatic rings. The lowest BCUT2D eigenvalue weighted by Crippen LogP contribution is -2.47. The number of carbonyl (C=O) groups excluding carboxylic acids is 1. The van der Waals surface area contributed by atoms with E-state index in [9.17, 15) is 9.59 Å². The largest absolute Gasteiger partial charge is 0.480 e. The van der Waals surface area contributed by atoms with E-state index in [2.05, 4.69) is 24.5 Å². The van der Waals surface area contributed by atoms with E-state index in [1.54, 1.807) is 11.8 Å². The van der Waals surface area contributed by atoms with Gasteiger partial charge in [-0.25, -0.2) is 9.59 Å². The van der Waals surface area contributed by atoms with Gasteiger partial charge in [-0.15, -0.1) is 0 Å². The molecule has 1 fully saturated rings. The highest BCUT2D eigenvalue weighted by atomic mass is 32.2. The third-order valence-electron chi connectivity index (χ3n) is 3.93. The predicted octanol–water partition coefficient (Wildman–Crippen LogP) is 1.93. The van der Waals surface area contributed by atoms with Gasteiger partial charge in [-0.05, 0) is 42.6 Å². The lowest BCUT2D eigenvalue weighted by atomic mass is 9.92. The molecule has 1 saturated carbocycles. The molecule has 0 spiro atoms. The number of hydrogen-bond donors (Lipinski definition) is 3. The van der Waals surface area contributed by atoms with E-state index in [0.717, 1.165) is 12.8 Å². The molecule has 0 saturated heterocycles. The summed E-state index contributed by atoms with van der Waals surface area (Å²) in [6, 6.07) is -1.18. The second-order valence-corrected chi connectivity index (χ2v) is 6.50. The molecule has 1 rings (SSSR count). The van der Waals surface area contributed by atoms with Crippen molar-refractivity contribution >= 4 is 23.8 Å². The Morgan fingerprint density at radius 1 is 1.37 bits per heavy atom. The van der Waals surface area contributed by atoms with Crippen LogP contribution in [0.4, 0.5) is 4.79 Å². The molecule has 1 aliphatic carbocycles. The maximum Gasteiger partial charge on any atom is 0.326 e. The van der Waals surface area contributed by atoms with Crippen LogP contribution < -0.4 is 10.6 Å². The van der Waals surface area contributed by atoms with E-state index < -0.39 is 12.0 Å². The minimum Gasteiger partial charge on any atom is -0.480 e. The number of thioether (sulfide) groups is 1. The summed E-state index contributed by atoms with van der Waals surface area (Å²) in [4.78, 5) is 22.7. The van der Waals surface area contributed by atoms with Gasteiger partial charge < -0.3 is 15.7 Å². The van der Waals surface area contributed by atoms with Crippen LogP contribution in [0.1, 0.15) is 33.1 Å². The quantitative estimate of drug-likeness (QED) is 0.637. The van der Waals surface area contributed by atoms with Gasteiger partial charge in [-0.2, -0.15) is 11.8 Å². The minimum atomic E-state index is -0.978. The summed E-state index contributed by atoms with van der Waals surface area (Å²) in [7, 11) is 0. The first-order valence-corrected chi connectivity index (χ1v) is 8.07. The summed E-state index contributed by atoms with van der Waals surface area (Å²) in [5, 5.41) is 14.4. The molecule has 1 unspecified atom stereocenters. The fraction of sp³-hybridized carbons (Fsp3) is 0.846. The molecule has 2 amide bonds. The van der Waals surface area contributed by atoms with Crippen LogP contribution in [-0.4, -0.2) is 41.7 Å². The number of aliphatic carboxylic acids is 1. The van der Waals surface area contributed by atoms with Crippen molar-refractivity contribution in [2.45, 2.75) is 39.2 Å². The normalized spacial score (nSPS) is 17.9. The lowest BCUT2D eigenvalue weighted by Gasteiger charge is -2.21. The fourth-order valence-electron chi connectivity index (χ4n) is 2.08. The van der Waals surface area contributed by atoms with Gasteiger partial charge in [0, 0.05) is 6.54 Å². The number of amides is 2. The SMILES string of the molecule is CSCCC(NC(=O)NCC1(C(C)C)CC1)C(=O)O. The van der Waals surface area contributed by atoms with E-state index in [-0.39, 0.29) is 11.4 Å². The van der Waals surface area contributed by atoms with Crippen molar-refractivity contribution in [3.8, 4) is 0 Å².